The molecule has 0 saturated heterocycles. The number of rotatable bonds is 4. The maximum absolute atomic E-state index is 11.9. The predicted molar refractivity (Wildman–Crippen MR) is 62.0 cm³/mol. The van der Waals surface area contributed by atoms with Crippen molar-refractivity contribution in [1.82, 2.24) is 0 Å². The summed E-state index contributed by atoms with van der Waals surface area (Å²) >= 11 is 5.66. The molecule has 0 saturated carbocycles. The average molecular weight is 281 g/mol. The molecule has 1 aromatic rings. The summed E-state index contributed by atoms with van der Waals surface area (Å²) in [7, 11) is 0. The van der Waals surface area contributed by atoms with Crippen LogP contribution in [-0.2, 0) is 0 Å². The van der Waals surface area contributed by atoms with Crippen molar-refractivity contribution in [2.24, 2.45) is 5.41 Å². The Bertz CT molecular complexity index is 424. The lowest BCUT2D eigenvalue weighted by atomic mass is 9.86. The van der Waals surface area contributed by atoms with Crippen molar-refractivity contribution >= 4 is 17.4 Å². The van der Waals surface area contributed by atoms with Gasteiger partial charge in [0.2, 0.25) is 0 Å². The highest BCUT2D eigenvalue weighted by Gasteiger charge is 2.31. The van der Waals surface area contributed by atoms with Gasteiger partial charge in [-0.3, -0.25) is 4.79 Å². The van der Waals surface area contributed by atoms with E-state index in [1.54, 1.807) is 13.8 Å². The van der Waals surface area contributed by atoms with Crippen LogP contribution in [0.2, 0.25) is 0 Å². The second-order valence-electron chi connectivity index (χ2n) is 4.42. The summed E-state index contributed by atoms with van der Waals surface area (Å²) < 4.78 is 39.5. The smallest absolute Gasteiger partial charge is 0.406 e. The van der Waals surface area contributed by atoms with Crippen LogP contribution >= 0.6 is 11.6 Å². The van der Waals surface area contributed by atoms with Gasteiger partial charge in [0.05, 0.1) is 0 Å². The number of Topliss-reactive ketones (excluding diaryl/α,β-unsaturated/α-hetero) is 1. The van der Waals surface area contributed by atoms with Gasteiger partial charge in [0, 0.05) is 16.9 Å². The largest absolute Gasteiger partial charge is 0.573 e. The normalized spacial score (nSPS) is 12.3. The summed E-state index contributed by atoms with van der Waals surface area (Å²) in [6.45, 7) is 3.34. The Morgan fingerprint density at radius 3 is 2.11 bits per heavy atom. The molecule has 0 unspecified atom stereocenters. The molecule has 0 spiro atoms. The third-order valence-electron chi connectivity index (χ3n) is 2.30. The fraction of sp³-hybridized carbons (Fsp3) is 0.417. The zero-order valence-corrected chi connectivity index (χ0v) is 10.6. The van der Waals surface area contributed by atoms with E-state index in [0.717, 1.165) is 12.1 Å². The number of alkyl halides is 4. The number of benzene rings is 1. The number of ketones is 1. The number of carbonyl (C=O) groups excluding carboxylic acids is 1. The molecule has 1 rings (SSSR count). The van der Waals surface area contributed by atoms with Gasteiger partial charge in [-0.25, -0.2) is 0 Å². The minimum absolute atomic E-state index is 0.132. The molecule has 0 radical (unpaired) electrons. The molecule has 0 fully saturated rings. The zero-order chi connectivity index (χ0) is 14.0. The second kappa shape index (κ2) is 5.18. The first kappa shape index (κ1) is 14.8. The fourth-order valence-electron chi connectivity index (χ4n) is 1.26. The van der Waals surface area contributed by atoms with Crippen molar-refractivity contribution in [3.8, 4) is 5.75 Å². The van der Waals surface area contributed by atoms with Gasteiger partial charge in [-0.1, -0.05) is 13.8 Å². The molecule has 0 atom stereocenters. The highest BCUT2D eigenvalue weighted by atomic mass is 35.5. The topological polar surface area (TPSA) is 26.3 Å². The monoisotopic (exact) mass is 280 g/mol. The maximum atomic E-state index is 11.9. The third-order valence-corrected chi connectivity index (χ3v) is 2.97. The van der Waals surface area contributed by atoms with Crippen molar-refractivity contribution < 1.29 is 22.7 Å². The van der Waals surface area contributed by atoms with Gasteiger partial charge in [-0.15, -0.1) is 24.8 Å². The quantitative estimate of drug-likeness (QED) is 0.615. The average Bonchev–Trinajstić information content (AvgIpc) is 2.27. The van der Waals surface area contributed by atoms with Crippen LogP contribution in [0.15, 0.2) is 24.3 Å². The Balaban J connectivity index is 2.87. The van der Waals surface area contributed by atoms with Crippen molar-refractivity contribution in [3.63, 3.8) is 0 Å². The van der Waals surface area contributed by atoms with Gasteiger partial charge < -0.3 is 4.74 Å². The number of halogens is 4. The van der Waals surface area contributed by atoms with Gasteiger partial charge in [0.25, 0.3) is 0 Å². The lowest BCUT2D eigenvalue weighted by molar-refractivity contribution is -0.274. The molecule has 0 heterocycles. The summed E-state index contributed by atoms with van der Waals surface area (Å²) in [5.41, 5.74) is -0.455. The molecule has 1 aromatic carbocycles. The second-order valence-corrected chi connectivity index (χ2v) is 4.69. The number of ether oxygens (including phenoxy) is 1. The number of hydrogen-bond acceptors (Lipinski definition) is 2. The molecule has 2 nitrogen and oxygen atoms in total. The third kappa shape index (κ3) is 3.91. The summed E-state index contributed by atoms with van der Waals surface area (Å²) in [5, 5.41) is 0. The van der Waals surface area contributed by atoms with Gasteiger partial charge in [-0.05, 0) is 24.3 Å². The van der Waals surface area contributed by atoms with Crippen LogP contribution in [0.3, 0.4) is 0 Å². The SMILES string of the molecule is CC(C)(CCl)C(=O)c1ccc(OC(F)(F)F)cc1. The summed E-state index contributed by atoms with van der Waals surface area (Å²) in [4.78, 5) is 11.9. The van der Waals surface area contributed by atoms with Crippen molar-refractivity contribution in [2.45, 2.75) is 20.2 Å². The molecule has 18 heavy (non-hydrogen) atoms. The van der Waals surface area contributed by atoms with Crippen LogP contribution in [0.1, 0.15) is 24.2 Å². The van der Waals surface area contributed by atoms with E-state index in [1.807, 2.05) is 0 Å². The van der Waals surface area contributed by atoms with Crippen molar-refractivity contribution in [1.29, 1.82) is 0 Å². The molecule has 0 aliphatic rings. The van der Waals surface area contributed by atoms with E-state index in [4.69, 9.17) is 11.6 Å². The Labute approximate surface area is 108 Å². The first-order chi connectivity index (χ1) is 8.15. The highest BCUT2D eigenvalue weighted by molar-refractivity contribution is 6.20. The lowest BCUT2D eigenvalue weighted by Crippen LogP contribution is -2.26. The Hall–Kier alpha value is -1.23. The predicted octanol–water partition coefficient (Wildman–Crippen LogP) is 4.03. The van der Waals surface area contributed by atoms with Gasteiger partial charge >= 0.3 is 6.36 Å². The lowest BCUT2D eigenvalue weighted by Gasteiger charge is -2.19. The van der Waals surface area contributed by atoms with Gasteiger partial charge in [0.15, 0.2) is 5.78 Å². The Morgan fingerprint density at radius 2 is 1.72 bits per heavy atom. The van der Waals surface area contributed by atoms with Crippen molar-refractivity contribution in [3.05, 3.63) is 29.8 Å². The molecular formula is C12H12ClF3O2. The van der Waals surface area contributed by atoms with Crippen LogP contribution in [0, 0.1) is 5.41 Å². The fourth-order valence-corrected chi connectivity index (χ4v) is 1.38. The van der Waals surface area contributed by atoms with E-state index in [-0.39, 0.29) is 17.4 Å². The zero-order valence-electron chi connectivity index (χ0n) is 9.84. The van der Waals surface area contributed by atoms with E-state index in [1.165, 1.54) is 12.1 Å². The van der Waals surface area contributed by atoms with Crippen LogP contribution in [0.25, 0.3) is 0 Å². The van der Waals surface area contributed by atoms with E-state index >= 15 is 0 Å². The molecule has 100 valence electrons. The molecule has 0 N–H and O–H groups in total. The van der Waals surface area contributed by atoms with Gasteiger partial charge in [0.1, 0.15) is 5.75 Å². The maximum Gasteiger partial charge on any atom is 0.573 e. The minimum Gasteiger partial charge on any atom is -0.406 e. The Morgan fingerprint density at radius 1 is 1.22 bits per heavy atom. The molecule has 0 aliphatic carbocycles. The first-order valence-corrected chi connectivity index (χ1v) is 5.66. The number of carbonyl (C=O) groups is 1. The molecular weight excluding hydrogens is 269 g/mol. The number of hydrogen-bond donors (Lipinski definition) is 0. The van der Waals surface area contributed by atoms with Crippen LogP contribution < -0.4 is 4.74 Å². The summed E-state index contributed by atoms with van der Waals surface area (Å²) in [6, 6.07) is 4.78. The van der Waals surface area contributed by atoms with E-state index in [2.05, 4.69) is 4.74 Å². The highest BCUT2D eigenvalue weighted by Crippen LogP contribution is 2.26. The van der Waals surface area contributed by atoms with Crippen LogP contribution in [0.5, 0.6) is 5.75 Å². The van der Waals surface area contributed by atoms with E-state index in [0.29, 0.717) is 5.56 Å². The summed E-state index contributed by atoms with van der Waals surface area (Å²) in [6.07, 6.45) is -4.74. The molecule has 0 aliphatic heterocycles. The molecule has 0 aromatic heterocycles. The van der Waals surface area contributed by atoms with E-state index in [9.17, 15) is 18.0 Å². The van der Waals surface area contributed by atoms with Crippen LogP contribution in [0.4, 0.5) is 13.2 Å². The molecule has 0 amide bonds. The van der Waals surface area contributed by atoms with Gasteiger partial charge in [-0.2, -0.15) is 0 Å². The van der Waals surface area contributed by atoms with Crippen molar-refractivity contribution in [2.75, 3.05) is 5.88 Å². The van der Waals surface area contributed by atoms with E-state index < -0.39 is 11.8 Å². The minimum atomic E-state index is -4.74. The molecule has 6 heteroatoms. The standard InChI is InChI=1S/C12H12ClF3O2/c1-11(2,7-13)10(17)8-3-5-9(6-4-8)18-12(14,15)16/h3-6H,7H2,1-2H3. The first-order valence-electron chi connectivity index (χ1n) is 5.12. The summed E-state index contributed by atoms with van der Waals surface area (Å²) in [5.74, 6) is -0.453. The van der Waals surface area contributed by atoms with Crippen LogP contribution in [-0.4, -0.2) is 18.0 Å². The Kier molecular flexibility index (Phi) is 4.27. The molecule has 0 bridgehead atoms.